The summed E-state index contributed by atoms with van der Waals surface area (Å²) in [4.78, 5) is 7.98. The van der Waals surface area contributed by atoms with Crippen molar-refractivity contribution >= 4 is 19.7 Å². The predicted octanol–water partition coefficient (Wildman–Crippen LogP) is 2.25. The number of imidazole rings is 1. The van der Waals surface area contributed by atoms with E-state index >= 15 is 0 Å². The van der Waals surface area contributed by atoms with Crippen molar-refractivity contribution < 1.29 is 8.42 Å². The normalized spacial score (nSPS) is 11.6. The highest BCUT2D eigenvalue weighted by molar-refractivity contribution is 8.13. The van der Waals surface area contributed by atoms with Crippen LogP contribution in [0.15, 0.2) is 29.6 Å². The zero-order chi connectivity index (χ0) is 15.6. The number of rotatable bonds is 4. The summed E-state index contributed by atoms with van der Waals surface area (Å²) in [6.45, 7) is 4.22. The van der Waals surface area contributed by atoms with Gasteiger partial charge in [-0.25, -0.2) is 18.4 Å². The standard InChI is InChI=1S/C13H13ClN4O2S/c1-9(2)13-17-12(21(14,19)20)8-18(13)7-10-3-4-16-11(5-10)6-15/h3-5,8-9H,7H2,1-2H3. The Hall–Kier alpha value is -1.91. The zero-order valence-corrected chi connectivity index (χ0v) is 13.1. The molecule has 2 aromatic heterocycles. The quantitative estimate of drug-likeness (QED) is 0.805. The first kappa shape index (κ1) is 15.5. The van der Waals surface area contributed by atoms with E-state index in [0.29, 0.717) is 18.1 Å². The molecule has 2 aromatic rings. The minimum Gasteiger partial charge on any atom is -0.329 e. The van der Waals surface area contributed by atoms with Crippen molar-refractivity contribution in [3.8, 4) is 6.07 Å². The molecule has 0 radical (unpaired) electrons. The van der Waals surface area contributed by atoms with E-state index in [-0.39, 0.29) is 10.9 Å². The molecule has 0 saturated heterocycles. The summed E-state index contributed by atoms with van der Waals surface area (Å²) in [6, 6.07) is 5.38. The minimum atomic E-state index is -3.87. The van der Waals surface area contributed by atoms with E-state index in [2.05, 4.69) is 9.97 Å². The second kappa shape index (κ2) is 5.84. The third-order valence-electron chi connectivity index (χ3n) is 2.84. The van der Waals surface area contributed by atoms with Gasteiger partial charge in [-0.2, -0.15) is 5.26 Å². The monoisotopic (exact) mass is 324 g/mol. The molecule has 0 amide bonds. The molecule has 0 N–H and O–H groups in total. The van der Waals surface area contributed by atoms with Gasteiger partial charge in [-0.15, -0.1) is 0 Å². The van der Waals surface area contributed by atoms with Crippen LogP contribution in [0.25, 0.3) is 0 Å². The van der Waals surface area contributed by atoms with Gasteiger partial charge in [-0.05, 0) is 17.7 Å². The molecular weight excluding hydrogens is 312 g/mol. The van der Waals surface area contributed by atoms with Crippen LogP contribution >= 0.6 is 10.7 Å². The van der Waals surface area contributed by atoms with Gasteiger partial charge in [0.1, 0.15) is 17.6 Å². The van der Waals surface area contributed by atoms with Crippen LogP contribution in [0, 0.1) is 11.3 Å². The molecule has 0 saturated carbocycles. The van der Waals surface area contributed by atoms with Crippen LogP contribution in [0.3, 0.4) is 0 Å². The summed E-state index contributed by atoms with van der Waals surface area (Å²) in [5.74, 6) is 0.652. The highest BCUT2D eigenvalue weighted by Crippen LogP contribution is 2.21. The van der Waals surface area contributed by atoms with Gasteiger partial charge < -0.3 is 4.57 Å². The fourth-order valence-corrected chi connectivity index (χ4v) is 2.62. The molecule has 0 bridgehead atoms. The average molecular weight is 325 g/mol. The molecule has 0 aliphatic carbocycles. The van der Waals surface area contributed by atoms with Crippen LogP contribution in [0.1, 0.15) is 36.8 Å². The molecule has 2 rings (SSSR count). The van der Waals surface area contributed by atoms with Crippen molar-refractivity contribution in [2.24, 2.45) is 0 Å². The smallest absolute Gasteiger partial charge is 0.280 e. The second-order valence-electron chi connectivity index (χ2n) is 4.82. The summed E-state index contributed by atoms with van der Waals surface area (Å²) in [7, 11) is 1.48. The Kier molecular flexibility index (Phi) is 4.30. The summed E-state index contributed by atoms with van der Waals surface area (Å²) >= 11 is 0. The fourth-order valence-electron chi connectivity index (χ4n) is 1.94. The molecule has 0 aliphatic rings. The van der Waals surface area contributed by atoms with Gasteiger partial charge in [0.2, 0.25) is 0 Å². The topological polar surface area (TPSA) is 88.6 Å². The van der Waals surface area contributed by atoms with Gasteiger partial charge in [-0.3, -0.25) is 0 Å². The Labute approximate surface area is 127 Å². The van der Waals surface area contributed by atoms with Crippen LogP contribution in [0.4, 0.5) is 0 Å². The lowest BCUT2D eigenvalue weighted by Gasteiger charge is -2.10. The molecule has 110 valence electrons. The van der Waals surface area contributed by atoms with Crippen molar-refractivity contribution in [1.82, 2.24) is 14.5 Å². The molecule has 0 fully saturated rings. The van der Waals surface area contributed by atoms with Gasteiger partial charge in [-0.1, -0.05) is 13.8 Å². The third kappa shape index (κ3) is 3.60. The van der Waals surface area contributed by atoms with E-state index < -0.39 is 9.05 Å². The first-order valence-electron chi connectivity index (χ1n) is 6.18. The highest BCUT2D eigenvalue weighted by Gasteiger charge is 2.19. The van der Waals surface area contributed by atoms with Crippen molar-refractivity contribution in [3.05, 3.63) is 41.6 Å². The molecule has 0 aromatic carbocycles. The van der Waals surface area contributed by atoms with E-state index in [0.717, 1.165) is 5.56 Å². The van der Waals surface area contributed by atoms with Crippen molar-refractivity contribution in [1.29, 1.82) is 5.26 Å². The molecule has 6 nitrogen and oxygen atoms in total. The first-order chi connectivity index (χ1) is 9.81. The van der Waals surface area contributed by atoms with Gasteiger partial charge in [0.15, 0.2) is 5.03 Å². The molecule has 21 heavy (non-hydrogen) atoms. The van der Waals surface area contributed by atoms with Gasteiger partial charge >= 0.3 is 0 Å². The lowest BCUT2D eigenvalue weighted by atomic mass is 10.2. The molecule has 0 spiro atoms. The Morgan fingerprint density at radius 2 is 2.19 bits per heavy atom. The zero-order valence-electron chi connectivity index (χ0n) is 11.5. The summed E-state index contributed by atoms with van der Waals surface area (Å²) in [5.41, 5.74) is 1.14. The van der Waals surface area contributed by atoms with Crippen LogP contribution in [-0.4, -0.2) is 23.0 Å². The van der Waals surface area contributed by atoms with Gasteiger partial charge in [0.25, 0.3) is 9.05 Å². The lowest BCUT2D eigenvalue weighted by Crippen LogP contribution is -2.06. The molecular formula is C13H13ClN4O2S. The molecule has 0 aliphatic heterocycles. The van der Waals surface area contributed by atoms with Gasteiger partial charge in [0, 0.05) is 35.5 Å². The Morgan fingerprint density at radius 1 is 1.48 bits per heavy atom. The summed E-state index contributed by atoms with van der Waals surface area (Å²) in [6.07, 6.45) is 2.95. The number of pyridine rings is 1. The van der Waals surface area contributed by atoms with E-state index in [1.165, 1.54) is 6.20 Å². The number of aromatic nitrogens is 3. The van der Waals surface area contributed by atoms with Gasteiger partial charge in [0.05, 0.1) is 0 Å². The highest BCUT2D eigenvalue weighted by atomic mass is 35.7. The van der Waals surface area contributed by atoms with E-state index in [4.69, 9.17) is 15.9 Å². The van der Waals surface area contributed by atoms with Crippen LogP contribution in [0.2, 0.25) is 0 Å². The first-order valence-corrected chi connectivity index (χ1v) is 8.49. The number of hydrogen-bond acceptors (Lipinski definition) is 5. The number of nitrogens with zero attached hydrogens (tertiary/aromatic N) is 4. The Balaban J connectivity index is 2.43. The van der Waals surface area contributed by atoms with Crippen LogP contribution in [-0.2, 0) is 15.6 Å². The maximum Gasteiger partial charge on any atom is 0.280 e. The maximum absolute atomic E-state index is 11.4. The minimum absolute atomic E-state index is 0.0365. The van der Waals surface area contributed by atoms with Crippen LogP contribution < -0.4 is 0 Å². The molecule has 2 heterocycles. The average Bonchev–Trinajstić information content (AvgIpc) is 2.83. The summed E-state index contributed by atoms with van der Waals surface area (Å²) in [5, 5.41) is 8.69. The van der Waals surface area contributed by atoms with Crippen LogP contribution in [0.5, 0.6) is 0 Å². The van der Waals surface area contributed by atoms with Crippen molar-refractivity contribution in [2.45, 2.75) is 31.3 Å². The molecule has 0 unspecified atom stereocenters. The second-order valence-corrected chi connectivity index (χ2v) is 7.33. The van der Waals surface area contributed by atoms with E-state index in [1.54, 1.807) is 22.9 Å². The van der Waals surface area contributed by atoms with Crippen molar-refractivity contribution in [3.63, 3.8) is 0 Å². The van der Waals surface area contributed by atoms with E-state index in [9.17, 15) is 8.42 Å². The molecule has 0 atom stereocenters. The predicted molar refractivity (Wildman–Crippen MR) is 77.4 cm³/mol. The lowest BCUT2D eigenvalue weighted by molar-refractivity contribution is 0.606. The molecule has 8 heteroatoms. The number of hydrogen-bond donors (Lipinski definition) is 0. The SMILES string of the molecule is CC(C)c1nc(S(=O)(=O)Cl)cn1Cc1ccnc(C#N)c1. The maximum atomic E-state index is 11.4. The Morgan fingerprint density at radius 3 is 2.76 bits per heavy atom. The number of nitriles is 1. The van der Waals surface area contributed by atoms with Crippen molar-refractivity contribution in [2.75, 3.05) is 0 Å². The summed E-state index contributed by atoms with van der Waals surface area (Å²) < 4.78 is 24.5. The fraction of sp³-hybridized carbons (Fsp3) is 0.308. The van der Waals surface area contributed by atoms with E-state index in [1.807, 2.05) is 19.9 Å². The third-order valence-corrected chi connectivity index (χ3v) is 4.01. The Bertz CT molecular complexity index is 806. The largest absolute Gasteiger partial charge is 0.329 e. The number of halogens is 1.